The zero-order valence-electron chi connectivity index (χ0n) is 6.80. The van der Waals surface area contributed by atoms with Gasteiger partial charge in [0.1, 0.15) is 0 Å². The molecule has 0 saturated carbocycles. The molecule has 0 bridgehead atoms. The average Bonchev–Trinajstić information content (AvgIpc) is 2.10. The molecule has 1 rings (SSSR count). The van der Waals surface area contributed by atoms with E-state index in [1.54, 1.807) is 0 Å². The van der Waals surface area contributed by atoms with Crippen molar-refractivity contribution in [2.75, 3.05) is 11.5 Å². The zero-order chi connectivity index (χ0) is 7.78. The normalized spacial score (nSPS) is 40.9. The van der Waals surface area contributed by atoms with E-state index in [4.69, 9.17) is 0 Å². The van der Waals surface area contributed by atoms with E-state index in [1.807, 2.05) is 0 Å². The summed E-state index contributed by atoms with van der Waals surface area (Å²) in [5.41, 5.74) is 0. The molecule has 1 nitrogen and oxygen atoms in total. The molecule has 0 amide bonds. The summed E-state index contributed by atoms with van der Waals surface area (Å²) < 4.78 is 11.4. The molecule has 2 unspecified atom stereocenters. The Bertz CT molecular complexity index is 201. The molecule has 1 heterocycles. The van der Waals surface area contributed by atoms with Crippen LogP contribution in [0.4, 0.5) is 0 Å². The monoisotopic (exact) mass is 160 g/mol. The predicted octanol–water partition coefficient (Wildman–Crippen LogP) is 1.38. The Morgan fingerprint density at radius 1 is 1.60 bits per heavy atom. The van der Waals surface area contributed by atoms with Crippen molar-refractivity contribution in [1.82, 2.24) is 0 Å². The van der Waals surface area contributed by atoms with E-state index in [9.17, 15) is 4.21 Å². The minimum Gasteiger partial charge on any atom is -0.268 e. The topological polar surface area (TPSA) is 17.1 Å². The van der Waals surface area contributed by atoms with Gasteiger partial charge in [-0.15, -0.1) is 0 Å². The van der Waals surface area contributed by atoms with E-state index >= 15 is 0 Å². The van der Waals surface area contributed by atoms with Crippen LogP contribution >= 0.6 is 0 Å². The van der Waals surface area contributed by atoms with Gasteiger partial charge in [-0.2, -0.15) is 0 Å². The summed E-state index contributed by atoms with van der Waals surface area (Å²) in [5.74, 6) is 6.81. The average molecular weight is 160 g/mol. The maximum atomic E-state index is 11.4. The van der Waals surface area contributed by atoms with Crippen molar-refractivity contribution in [3.8, 4) is 0 Å². The second kappa shape index (κ2) is 2.57. The summed E-state index contributed by atoms with van der Waals surface area (Å²) in [6.45, 7) is 4.40. The molecule has 0 spiro atoms. The highest BCUT2D eigenvalue weighted by Gasteiger charge is 2.25. The van der Waals surface area contributed by atoms with Crippen LogP contribution in [-0.2, 0) is 9.52 Å². The lowest BCUT2D eigenvalue weighted by Gasteiger charge is -2.11. The van der Waals surface area contributed by atoms with Crippen molar-refractivity contribution in [3.63, 3.8) is 0 Å². The van der Waals surface area contributed by atoms with E-state index in [0.29, 0.717) is 11.8 Å². The smallest absolute Gasteiger partial charge is 0.0190 e. The van der Waals surface area contributed by atoms with Crippen molar-refractivity contribution in [1.29, 1.82) is 0 Å². The first-order valence-electron chi connectivity index (χ1n) is 3.84. The highest BCUT2D eigenvalue weighted by atomic mass is 32.2. The fourth-order valence-electron chi connectivity index (χ4n) is 1.45. The summed E-state index contributed by atoms with van der Waals surface area (Å²) in [5, 5.41) is 0. The fourth-order valence-corrected chi connectivity index (χ4v) is 3.68. The molecule has 0 radical (unpaired) electrons. The molecule has 1 aliphatic heterocycles. The van der Waals surface area contributed by atoms with Crippen LogP contribution in [0.1, 0.15) is 20.3 Å². The molecule has 0 aromatic heterocycles. The first kappa shape index (κ1) is 8.12. The standard InChI is InChI=1S/C8H16OS/c1-7(2)8-4-5-10(3,9)6-8/h7-8H,3-6H2,1-2H3. The Labute approximate surface area is 63.8 Å². The minimum absolute atomic E-state index is 0.671. The second-order valence-electron chi connectivity index (χ2n) is 3.63. The van der Waals surface area contributed by atoms with E-state index in [-0.39, 0.29) is 0 Å². The number of hydrogen-bond donors (Lipinski definition) is 0. The van der Waals surface area contributed by atoms with Gasteiger partial charge in [0.05, 0.1) is 0 Å². The molecule has 60 valence electrons. The molecule has 1 fully saturated rings. The molecule has 0 aliphatic carbocycles. The molecular weight excluding hydrogens is 144 g/mol. The molecule has 1 saturated heterocycles. The van der Waals surface area contributed by atoms with Gasteiger partial charge < -0.3 is 0 Å². The Hall–Kier alpha value is 0.0200. The van der Waals surface area contributed by atoms with Crippen molar-refractivity contribution < 1.29 is 4.21 Å². The Kier molecular flexibility index (Phi) is 2.09. The van der Waals surface area contributed by atoms with Crippen LogP contribution in [0, 0.1) is 11.8 Å². The highest BCUT2D eigenvalue weighted by molar-refractivity contribution is 8.00. The van der Waals surface area contributed by atoms with Crippen molar-refractivity contribution >= 4 is 15.4 Å². The first-order chi connectivity index (χ1) is 4.51. The Morgan fingerprint density at radius 2 is 2.20 bits per heavy atom. The van der Waals surface area contributed by atoms with Gasteiger partial charge in [0.15, 0.2) is 0 Å². The van der Waals surface area contributed by atoms with Gasteiger partial charge in [-0.1, -0.05) is 13.8 Å². The van der Waals surface area contributed by atoms with E-state index in [0.717, 1.165) is 17.9 Å². The van der Waals surface area contributed by atoms with Crippen molar-refractivity contribution in [3.05, 3.63) is 0 Å². The van der Waals surface area contributed by atoms with Crippen molar-refractivity contribution in [2.24, 2.45) is 11.8 Å². The molecule has 0 aromatic carbocycles. The van der Waals surface area contributed by atoms with Crippen LogP contribution in [-0.4, -0.2) is 21.6 Å². The number of rotatable bonds is 1. The van der Waals surface area contributed by atoms with Gasteiger partial charge in [-0.05, 0) is 33.6 Å². The first-order valence-corrected chi connectivity index (χ1v) is 5.90. The van der Waals surface area contributed by atoms with Gasteiger partial charge >= 0.3 is 0 Å². The summed E-state index contributed by atoms with van der Waals surface area (Å²) in [6, 6.07) is 0. The van der Waals surface area contributed by atoms with Crippen LogP contribution in [0.3, 0.4) is 0 Å². The zero-order valence-corrected chi connectivity index (χ0v) is 7.62. The van der Waals surface area contributed by atoms with Crippen LogP contribution in [0.25, 0.3) is 0 Å². The maximum Gasteiger partial charge on any atom is 0.0190 e. The van der Waals surface area contributed by atoms with Crippen LogP contribution in [0.2, 0.25) is 0 Å². The third-order valence-electron chi connectivity index (χ3n) is 2.32. The fraction of sp³-hybridized carbons (Fsp3) is 0.875. The predicted molar refractivity (Wildman–Crippen MR) is 47.9 cm³/mol. The van der Waals surface area contributed by atoms with Gasteiger partial charge in [-0.3, -0.25) is 4.21 Å². The van der Waals surface area contributed by atoms with E-state index < -0.39 is 9.52 Å². The lowest BCUT2D eigenvalue weighted by Crippen LogP contribution is -2.10. The minimum atomic E-state index is -1.64. The van der Waals surface area contributed by atoms with E-state index in [1.165, 1.54) is 0 Å². The third kappa shape index (κ3) is 1.75. The highest BCUT2D eigenvalue weighted by Crippen LogP contribution is 2.24. The summed E-state index contributed by atoms with van der Waals surface area (Å²) in [6.07, 6.45) is 1.12. The third-order valence-corrected chi connectivity index (χ3v) is 4.34. The summed E-state index contributed by atoms with van der Waals surface area (Å²) >= 11 is 0. The lowest BCUT2D eigenvalue weighted by atomic mass is 9.96. The molecule has 10 heavy (non-hydrogen) atoms. The largest absolute Gasteiger partial charge is 0.268 e. The van der Waals surface area contributed by atoms with Gasteiger partial charge in [0.2, 0.25) is 0 Å². The quantitative estimate of drug-likeness (QED) is 0.530. The summed E-state index contributed by atoms with van der Waals surface area (Å²) in [4.78, 5) is 0. The SMILES string of the molecule is C=S1(=O)CCC(C(C)C)C1. The van der Waals surface area contributed by atoms with Gasteiger partial charge in [-0.25, -0.2) is 0 Å². The maximum absolute atomic E-state index is 11.4. The molecular formula is C8H16OS. The second-order valence-corrected chi connectivity index (χ2v) is 6.30. The molecule has 2 heteroatoms. The van der Waals surface area contributed by atoms with E-state index in [2.05, 4.69) is 19.7 Å². The Balaban J connectivity index is 2.60. The Morgan fingerprint density at radius 3 is 2.40 bits per heavy atom. The summed E-state index contributed by atoms with van der Waals surface area (Å²) in [7, 11) is -1.64. The van der Waals surface area contributed by atoms with Gasteiger partial charge in [0.25, 0.3) is 0 Å². The van der Waals surface area contributed by atoms with Crippen molar-refractivity contribution in [2.45, 2.75) is 20.3 Å². The van der Waals surface area contributed by atoms with Gasteiger partial charge in [0, 0.05) is 11.5 Å². The molecule has 2 atom stereocenters. The van der Waals surface area contributed by atoms with Crippen LogP contribution < -0.4 is 0 Å². The van der Waals surface area contributed by atoms with Crippen LogP contribution in [0.5, 0.6) is 0 Å². The van der Waals surface area contributed by atoms with Crippen LogP contribution in [0.15, 0.2) is 0 Å². The molecule has 1 aliphatic rings. The number of hydrogen-bond acceptors (Lipinski definition) is 1. The lowest BCUT2D eigenvalue weighted by molar-refractivity contribution is 0.429. The molecule has 0 aromatic rings. The molecule has 0 N–H and O–H groups in total.